The van der Waals surface area contributed by atoms with E-state index in [2.05, 4.69) is 20.7 Å². The standard InChI is InChI=1S/C11H9BrClFO2/c1-16-11(15)4-2-3-8-9(12)5-7(13)6-10(8)14/h2-3,5-6H,4H2,1H3. The highest BCUT2D eigenvalue weighted by Gasteiger charge is 2.05. The summed E-state index contributed by atoms with van der Waals surface area (Å²) in [6.07, 6.45) is 3.14. The van der Waals surface area contributed by atoms with Gasteiger partial charge in [-0.1, -0.05) is 39.7 Å². The van der Waals surface area contributed by atoms with Gasteiger partial charge in [0.2, 0.25) is 0 Å². The van der Waals surface area contributed by atoms with Crippen molar-refractivity contribution in [1.29, 1.82) is 0 Å². The van der Waals surface area contributed by atoms with Crippen LogP contribution in [0.25, 0.3) is 6.08 Å². The maximum absolute atomic E-state index is 13.4. The average Bonchev–Trinajstić information content (AvgIpc) is 2.21. The Morgan fingerprint density at radius 1 is 1.62 bits per heavy atom. The summed E-state index contributed by atoms with van der Waals surface area (Å²) in [5.41, 5.74) is 0.355. The maximum Gasteiger partial charge on any atom is 0.309 e. The molecule has 0 N–H and O–H groups in total. The normalized spacial score (nSPS) is 10.8. The van der Waals surface area contributed by atoms with Crippen molar-refractivity contribution in [2.24, 2.45) is 0 Å². The van der Waals surface area contributed by atoms with Crippen molar-refractivity contribution >= 4 is 39.6 Å². The van der Waals surface area contributed by atoms with E-state index in [1.54, 1.807) is 6.07 Å². The molecule has 0 aliphatic carbocycles. The van der Waals surface area contributed by atoms with Crippen molar-refractivity contribution in [3.8, 4) is 0 Å². The second-order valence-electron chi connectivity index (χ2n) is 2.97. The number of methoxy groups -OCH3 is 1. The lowest BCUT2D eigenvalue weighted by molar-refractivity contribution is -0.139. The van der Waals surface area contributed by atoms with E-state index in [0.717, 1.165) is 0 Å². The van der Waals surface area contributed by atoms with Crippen LogP contribution >= 0.6 is 27.5 Å². The van der Waals surface area contributed by atoms with E-state index in [9.17, 15) is 9.18 Å². The Hall–Kier alpha value is -0.870. The second kappa shape index (κ2) is 6.01. The smallest absolute Gasteiger partial charge is 0.309 e. The molecule has 0 aliphatic rings. The zero-order chi connectivity index (χ0) is 12.1. The number of esters is 1. The molecule has 0 aliphatic heterocycles. The number of hydrogen-bond acceptors (Lipinski definition) is 2. The van der Waals surface area contributed by atoms with E-state index in [4.69, 9.17) is 11.6 Å². The Balaban J connectivity index is 2.85. The summed E-state index contributed by atoms with van der Waals surface area (Å²) in [6.45, 7) is 0. The minimum absolute atomic E-state index is 0.102. The van der Waals surface area contributed by atoms with Crippen LogP contribution in [0.2, 0.25) is 5.02 Å². The lowest BCUT2D eigenvalue weighted by Gasteiger charge is -2.01. The van der Waals surface area contributed by atoms with Crippen molar-refractivity contribution in [2.45, 2.75) is 6.42 Å². The number of halogens is 3. The number of carbonyl (C=O) groups excluding carboxylic acids is 1. The highest BCUT2D eigenvalue weighted by Crippen LogP contribution is 2.25. The predicted molar refractivity (Wildman–Crippen MR) is 64.8 cm³/mol. The molecule has 0 atom stereocenters. The van der Waals surface area contributed by atoms with E-state index in [1.807, 2.05) is 0 Å². The van der Waals surface area contributed by atoms with Gasteiger partial charge in [-0.05, 0) is 12.1 Å². The van der Waals surface area contributed by atoms with Gasteiger partial charge < -0.3 is 4.74 Å². The Kier molecular flexibility index (Phi) is 4.96. The van der Waals surface area contributed by atoms with Gasteiger partial charge in [-0.2, -0.15) is 0 Å². The fraction of sp³-hybridized carbons (Fsp3) is 0.182. The van der Waals surface area contributed by atoms with E-state index >= 15 is 0 Å². The fourth-order valence-electron chi connectivity index (χ4n) is 1.07. The van der Waals surface area contributed by atoms with Crippen LogP contribution in [-0.4, -0.2) is 13.1 Å². The van der Waals surface area contributed by atoms with Crippen molar-refractivity contribution in [1.82, 2.24) is 0 Å². The van der Waals surface area contributed by atoms with Crippen LogP contribution in [0.15, 0.2) is 22.7 Å². The van der Waals surface area contributed by atoms with Crippen LogP contribution in [0, 0.1) is 5.82 Å². The van der Waals surface area contributed by atoms with E-state index in [1.165, 1.54) is 25.3 Å². The lowest BCUT2D eigenvalue weighted by atomic mass is 10.2. The highest BCUT2D eigenvalue weighted by atomic mass is 79.9. The summed E-state index contributed by atoms with van der Waals surface area (Å²) in [4.78, 5) is 10.8. The topological polar surface area (TPSA) is 26.3 Å². The average molecular weight is 308 g/mol. The summed E-state index contributed by atoms with van der Waals surface area (Å²) < 4.78 is 18.4. The molecule has 0 bridgehead atoms. The second-order valence-corrected chi connectivity index (χ2v) is 4.26. The van der Waals surface area contributed by atoms with Gasteiger partial charge in [-0.3, -0.25) is 4.79 Å². The van der Waals surface area contributed by atoms with Crippen molar-refractivity contribution in [2.75, 3.05) is 7.11 Å². The molecular formula is C11H9BrClFO2. The van der Waals surface area contributed by atoms with Crippen molar-refractivity contribution < 1.29 is 13.9 Å². The Morgan fingerprint density at radius 3 is 2.88 bits per heavy atom. The molecule has 0 saturated heterocycles. The molecule has 2 nitrogen and oxygen atoms in total. The molecule has 0 amide bonds. The predicted octanol–water partition coefficient (Wildman–Crippen LogP) is 3.82. The molecule has 1 rings (SSSR count). The molecule has 0 fully saturated rings. The molecule has 1 aromatic carbocycles. The molecule has 0 spiro atoms. The van der Waals surface area contributed by atoms with Gasteiger partial charge in [-0.15, -0.1) is 0 Å². The first-order valence-corrected chi connectivity index (χ1v) is 5.59. The Morgan fingerprint density at radius 2 is 2.31 bits per heavy atom. The Bertz CT molecular complexity index is 409. The van der Waals surface area contributed by atoms with Crippen LogP contribution < -0.4 is 0 Å². The van der Waals surface area contributed by atoms with Gasteiger partial charge in [0.1, 0.15) is 5.82 Å². The van der Waals surface area contributed by atoms with Gasteiger partial charge in [-0.25, -0.2) is 4.39 Å². The zero-order valence-corrected chi connectivity index (χ0v) is 10.8. The molecule has 86 valence electrons. The van der Waals surface area contributed by atoms with Crippen LogP contribution in [0.1, 0.15) is 12.0 Å². The summed E-state index contributed by atoms with van der Waals surface area (Å²) in [7, 11) is 1.30. The summed E-state index contributed by atoms with van der Waals surface area (Å²) >= 11 is 8.85. The third-order valence-electron chi connectivity index (χ3n) is 1.84. The Labute approximate surface area is 106 Å². The van der Waals surface area contributed by atoms with Crippen molar-refractivity contribution in [3.05, 3.63) is 39.1 Å². The first kappa shape index (κ1) is 13.2. The van der Waals surface area contributed by atoms with Crippen LogP contribution in [0.4, 0.5) is 4.39 Å². The monoisotopic (exact) mass is 306 g/mol. The highest BCUT2D eigenvalue weighted by molar-refractivity contribution is 9.10. The van der Waals surface area contributed by atoms with E-state index in [-0.39, 0.29) is 12.4 Å². The lowest BCUT2D eigenvalue weighted by Crippen LogP contribution is -1.96. The minimum Gasteiger partial charge on any atom is -0.469 e. The summed E-state index contributed by atoms with van der Waals surface area (Å²) in [5, 5.41) is 0.314. The molecule has 0 unspecified atom stereocenters. The summed E-state index contributed by atoms with van der Waals surface area (Å²) in [6, 6.07) is 2.80. The number of rotatable bonds is 3. The van der Waals surface area contributed by atoms with E-state index < -0.39 is 5.82 Å². The SMILES string of the molecule is COC(=O)CC=Cc1c(F)cc(Cl)cc1Br. The van der Waals surface area contributed by atoms with Gasteiger partial charge in [0.15, 0.2) is 0 Å². The van der Waals surface area contributed by atoms with Gasteiger partial charge in [0.25, 0.3) is 0 Å². The number of benzene rings is 1. The molecule has 0 aromatic heterocycles. The largest absolute Gasteiger partial charge is 0.469 e. The fourth-order valence-corrected chi connectivity index (χ4v) is 1.97. The zero-order valence-electron chi connectivity index (χ0n) is 8.47. The first-order valence-electron chi connectivity index (χ1n) is 4.42. The van der Waals surface area contributed by atoms with Gasteiger partial charge in [0.05, 0.1) is 13.5 Å². The van der Waals surface area contributed by atoms with Crippen LogP contribution in [0.3, 0.4) is 0 Å². The molecule has 0 heterocycles. The summed E-state index contributed by atoms with van der Waals surface area (Å²) in [5.74, 6) is -0.817. The van der Waals surface area contributed by atoms with Crippen LogP contribution in [0.5, 0.6) is 0 Å². The van der Waals surface area contributed by atoms with Crippen molar-refractivity contribution in [3.63, 3.8) is 0 Å². The maximum atomic E-state index is 13.4. The van der Waals surface area contributed by atoms with Gasteiger partial charge >= 0.3 is 5.97 Å². The third kappa shape index (κ3) is 3.61. The first-order chi connectivity index (χ1) is 7.54. The number of ether oxygens (including phenoxy) is 1. The molecule has 0 saturated carbocycles. The molecule has 0 radical (unpaired) electrons. The molecular weight excluding hydrogens is 298 g/mol. The quantitative estimate of drug-likeness (QED) is 0.794. The third-order valence-corrected chi connectivity index (χ3v) is 2.71. The minimum atomic E-state index is -0.444. The molecule has 1 aromatic rings. The molecule has 5 heteroatoms. The van der Waals surface area contributed by atoms with Gasteiger partial charge in [0, 0.05) is 15.1 Å². The van der Waals surface area contributed by atoms with E-state index in [0.29, 0.717) is 15.1 Å². The van der Waals surface area contributed by atoms with Crippen LogP contribution in [-0.2, 0) is 9.53 Å². The number of hydrogen-bond donors (Lipinski definition) is 0. The number of carbonyl (C=O) groups is 1. The molecule has 16 heavy (non-hydrogen) atoms.